The zero-order chi connectivity index (χ0) is 12.3. The quantitative estimate of drug-likeness (QED) is 0.852. The standard InChI is InChI=1S/C10H17N3O3S/c1-16-7-9-3-2-4-13(6-9)17(14,15)10-5-11-8-12-10/h5,8-9H,2-4,6-7H2,1H3,(H,11,12). The van der Waals surface area contributed by atoms with Crippen molar-refractivity contribution >= 4 is 10.0 Å². The molecule has 1 N–H and O–H groups in total. The average Bonchev–Trinajstić information content (AvgIpc) is 2.84. The predicted octanol–water partition coefficient (Wildman–Crippen LogP) is 0.457. The first-order valence-electron chi connectivity index (χ1n) is 5.62. The van der Waals surface area contributed by atoms with Gasteiger partial charge in [0.2, 0.25) is 0 Å². The molecule has 1 aliphatic heterocycles. The molecular formula is C10H17N3O3S. The molecule has 1 saturated heterocycles. The Morgan fingerprint density at radius 2 is 2.47 bits per heavy atom. The third-order valence-corrected chi connectivity index (χ3v) is 4.77. The molecule has 0 spiro atoms. The van der Waals surface area contributed by atoms with Crippen LogP contribution in [0.3, 0.4) is 0 Å². The molecule has 1 aliphatic rings. The van der Waals surface area contributed by atoms with Gasteiger partial charge in [-0.05, 0) is 18.8 Å². The number of aromatic amines is 1. The number of aromatic nitrogens is 2. The van der Waals surface area contributed by atoms with E-state index in [1.54, 1.807) is 7.11 Å². The van der Waals surface area contributed by atoms with E-state index in [1.165, 1.54) is 16.8 Å². The third kappa shape index (κ3) is 2.67. The molecule has 1 fully saturated rings. The number of sulfonamides is 1. The minimum atomic E-state index is -3.41. The molecular weight excluding hydrogens is 242 g/mol. The van der Waals surface area contributed by atoms with Crippen LogP contribution in [0.25, 0.3) is 0 Å². The average molecular weight is 259 g/mol. The fourth-order valence-corrected chi connectivity index (χ4v) is 3.59. The molecule has 96 valence electrons. The Morgan fingerprint density at radius 1 is 1.65 bits per heavy atom. The van der Waals surface area contributed by atoms with Crippen LogP contribution in [-0.2, 0) is 14.8 Å². The second kappa shape index (κ2) is 5.16. The van der Waals surface area contributed by atoms with E-state index >= 15 is 0 Å². The van der Waals surface area contributed by atoms with Gasteiger partial charge in [0.15, 0.2) is 5.03 Å². The lowest BCUT2D eigenvalue weighted by atomic mass is 10.0. The maximum absolute atomic E-state index is 12.2. The Bertz CT molecular complexity index is 441. The second-order valence-electron chi connectivity index (χ2n) is 4.24. The molecule has 0 aromatic carbocycles. The maximum atomic E-state index is 12.2. The second-order valence-corrected chi connectivity index (χ2v) is 6.15. The normalized spacial score (nSPS) is 22.8. The number of H-pyrrole nitrogens is 1. The number of nitrogens with one attached hydrogen (secondary N) is 1. The lowest BCUT2D eigenvalue weighted by Crippen LogP contribution is -2.41. The Kier molecular flexibility index (Phi) is 3.80. The highest BCUT2D eigenvalue weighted by molar-refractivity contribution is 7.89. The molecule has 1 atom stereocenters. The van der Waals surface area contributed by atoms with Crippen LogP contribution in [-0.4, -0.2) is 49.5 Å². The molecule has 0 bridgehead atoms. The van der Waals surface area contributed by atoms with Crippen LogP contribution in [0.1, 0.15) is 12.8 Å². The summed E-state index contributed by atoms with van der Waals surface area (Å²) in [6.45, 7) is 1.70. The van der Waals surface area contributed by atoms with Gasteiger partial charge in [0.1, 0.15) is 0 Å². The van der Waals surface area contributed by atoms with Gasteiger partial charge in [-0.1, -0.05) is 0 Å². The van der Waals surface area contributed by atoms with Crippen LogP contribution < -0.4 is 0 Å². The van der Waals surface area contributed by atoms with Crippen molar-refractivity contribution in [3.05, 3.63) is 12.5 Å². The Labute approximate surface area is 101 Å². The van der Waals surface area contributed by atoms with Crippen LogP contribution in [0.2, 0.25) is 0 Å². The highest BCUT2D eigenvalue weighted by Gasteiger charge is 2.30. The van der Waals surface area contributed by atoms with E-state index in [0.29, 0.717) is 19.7 Å². The van der Waals surface area contributed by atoms with Crippen LogP contribution in [0.15, 0.2) is 17.6 Å². The smallest absolute Gasteiger partial charge is 0.260 e. The number of rotatable bonds is 4. The Balaban J connectivity index is 2.12. The SMILES string of the molecule is COCC1CCCN(S(=O)(=O)c2cnc[nH]2)C1. The van der Waals surface area contributed by atoms with Crippen molar-refractivity contribution in [2.75, 3.05) is 26.8 Å². The van der Waals surface area contributed by atoms with Crippen molar-refractivity contribution in [2.45, 2.75) is 17.9 Å². The van der Waals surface area contributed by atoms with E-state index in [-0.39, 0.29) is 10.9 Å². The lowest BCUT2D eigenvalue weighted by Gasteiger charge is -2.30. The van der Waals surface area contributed by atoms with Crippen LogP contribution in [0.4, 0.5) is 0 Å². The minimum Gasteiger partial charge on any atom is -0.384 e. The number of ether oxygens (including phenoxy) is 1. The zero-order valence-corrected chi connectivity index (χ0v) is 10.6. The van der Waals surface area contributed by atoms with E-state index in [4.69, 9.17) is 4.74 Å². The molecule has 7 heteroatoms. The summed E-state index contributed by atoms with van der Waals surface area (Å²) in [5.41, 5.74) is 0. The summed E-state index contributed by atoms with van der Waals surface area (Å²) in [7, 11) is -1.77. The number of methoxy groups -OCH3 is 1. The highest BCUT2D eigenvalue weighted by atomic mass is 32.2. The Hall–Kier alpha value is -0.920. The number of hydrogen-bond donors (Lipinski definition) is 1. The van der Waals surface area contributed by atoms with Gasteiger partial charge in [-0.3, -0.25) is 0 Å². The topological polar surface area (TPSA) is 75.3 Å². The predicted molar refractivity (Wildman–Crippen MR) is 61.9 cm³/mol. The van der Waals surface area contributed by atoms with Gasteiger partial charge in [-0.2, -0.15) is 4.31 Å². The van der Waals surface area contributed by atoms with Crippen LogP contribution >= 0.6 is 0 Å². The summed E-state index contributed by atoms with van der Waals surface area (Å²) in [6.07, 6.45) is 4.61. The van der Waals surface area contributed by atoms with Gasteiger partial charge in [0.25, 0.3) is 10.0 Å². The lowest BCUT2D eigenvalue weighted by molar-refractivity contribution is 0.118. The van der Waals surface area contributed by atoms with E-state index in [2.05, 4.69) is 9.97 Å². The van der Waals surface area contributed by atoms with Crippen molar-refractivity contribution in [3.8, 4) is 0 Å². The molecule has 2 rings (SSSR count). The van der Waals surface area contributed by atoms with Gasteiger partial charge < -0.3 is 9.72 Å². The molecule has 0 aliphatic carbocycles. The fourth-order valence-electron chi connectivity index (χ4n) is 2.14. The summed E-state index contributed by atoms with van der Waals surface area (Å²) in [4.78, 5) is 6.40. The number of piperidine rings is 1. The van der Waals surface area contributed by atoms with Crippen molar-refractivity contribution in [1.29, 1.82) is 0 Å². The summed E-state index contributed by atoms with van der Waals surface area (Å²) in [5, 5.41) is 0.163. The first kappa shape index (κ1) is 12.5. The molecule has 1 aromatic heterocycles. The molecule has 1 aromatic rings. The maximum Gasteiger partial charge on any atom is 0.260 e. The monoisotopic (exact) mass is 259 g/mol. The summed E-state index contributed by atoms with van der Waals surface area (Å²) >= 11 is 0. The number of hydrogen-bond acceptors (Lipinski definition) is 4. The third-order valence-electron chi connectivity index (χ3n) is 2.98. The van der Waals surface area contributed by atoms with Crippen molar-refractivity contribution in [3.63, 3.8) is 0 Å². The molecule has 0 radical (unpaired) electrons. The van der Waals surface area contributed by atoms with E-state index < -0.39 is 10.0 Å². The number of nitrogens with zero attached hydrogens (tertiary/aromatic N) is 2. The van der Waals surface area contributed by atoms with Gasteiger partial charge in [-0.15, -0.1) is 0 Å². The summed E-state index contributed by atoms with van der Waals surface area (Å²) in [5.74, 6) is 0.284. The number of imidazole rings is 1. The largest absolute Gasteiger partial charge is 0.384 e. The van der Waals surface area contributed by atoms with Crippen molar-refractivity contribution in [1.82, 2.24) is 14.3 Å². The summed E-state index contributed by atoms with van der Waals surface area (Å²) in [6, 6.07) is 0. The molecule has 6 nitrogen and oxygen atoms in total. The van der Waals surface area contributed by atoms with Gasteiger partial charge in [-0.25, -0.2) is 13.4 Å². The first-order valence-corrected chi connectivity index (χ1v) is 7.06. The zero-order valence-electron chi connectivity index (χ0n) is 9.80. The van der Waals surface area contributed by atoms with Crippen molar-refractivity contribution in [2.24, 2.45) is 5.92 Å². The Morgan fingerprint density at radius 3 is 3.12 bits per heavy atom. The highest BCUT2D eigenvalue weighted by Crippen LogP contribution is 2.22. The molecule has 1 unspecified atom stereocenters. The van der Waals surface area contributed by atoms with Gasteiger partial charge in [0.05, 0.1) is 19.1 Å². The molecule has 17 heavy (non-hydrogen) atoms. The van der Waals surface area contributed by atoms with E-state index in [1.807, 2.05) is 0 Å². The molecule has 0 saturated carbocycles. The van der Waals surface area contributed by atoms with E-state index in [9.17, 15) is 8.42 Å². The van der Waals surface area contributed by atoms with Crippen molar-refractivity contribution < 1.29 is 13.2 Å². The molecule has 0 amide bonds. The van der Waals surface area contributed by atoms with Gasteiger partial charge in [0, 0.05) is 20.2 Å². The van der Waals surface area contributed by atoms with Gasteiger partial charge >= 0.3 is 0 Å². The van der Waals surface area contributed by atoms with Crippen LogP contribution in [0, 0.1) is 5.92 Å². The molecule has 2 heterocycles. The first-order chi connectivity index (χ1) is 8.14. The van der Waals surface area contributed by atoms with Crippen LogP contribution in [0.5, 0.6) is 0 Å². The minimum absolute atomic E-state index is 0.163. The summed E-state index contributed by atoms with van der Waals surface area (Å²) < 4.78 is 31.0. The fraction of sp³-hybridized carbons (Fsp3) is 0.700. The van der Waals surface area contributed by atoms with E-state index in [0.717, 1.165) is 12.8 Å².